The highest BCUT2D eigenvalue weighted by Gasteiger charge is 2.08. The van der Waals surface area contributed by atoms with Crippen LogP contribution in [0.1, 0.15) is 222 Å². The van der Waals surface area contributed by atoms with Gasteiger partial charge in [0.05, 0.1) is 5.69 Å². The van der Waals surface area contributed by atoms with Crippen LogP contribution in [0, 0.1) is 69.2 Å². The first kappa shape index (κ1) is 119. The highest BCUT2D eigenvalue weighted by Crippen LogP contribution is 2.35. The molecule has 17 rings (SSSR count). The van der Waals surface area contributed by atoms with Crippen LogP contribution in [0.2, 0.25) is 0 Å². The lowest BCUT2D eigenvalue weighted by atomic mass is 9.93. The fourth-order valence-corrected chi connectivity index (χ4v) is 10.6. The van der Waals surface area contributed by atoms with Crippen LogP contribution in [0.3, 0.4) is 0 Å². The molecule has 0 amide bonds. The summed E-state index contributed by atoms with van der Waals surface area (Å²) in [6.07, 6.45) is 17.5. The van der Waals surface area contributed by atoms with Gasteiger partial charge in [-0.3, -0.25) is 24.9 Å². The second kappa shape index (κ2) is 82.8. The molecule has 7 nitrogen and oxygen atoms in total. The van der Waals surface area contributed by atoms with Gasteiger partial charge in [0, 0.05) is 67.7 Å². The Bertz CT molecular complexity index is 4800. The first-order chi connectivity index (χ1) is 59.8. The predicted octanol–water partition coefficient (Wildman–Crippen LogP) is 36.1. The van der Waals surface area contributed by atoms with E-state index in [1.54, 1.807) is 61.8 Å². The molecule has 0 unspecified atom stereocenters. The number of nitrogens with zero attached hydrogens (tertiary/aromatic N) is 7. The van der Waals surface area contributed by atoms with E-state index in [0.29, 0.717) is 0 Å². The molecule has 0 radical (unpaired) electrons. The number of fused-ring (bicyclic) bond motifs is 11. The lowest BCUT2D eigenvalue weighted by Crippen LogP contribution is -1.83. The molecule has 5 aromatic heterocycles. The Morgan fingerprint density at radius 1 is 0.156 bits per heavy atom. The molecule has 12 aromatic carbocycles. The highest BCUT2D eigenvalue weighted by atomic mass is 14.8. The van der Waals surface area contributed by atoms with Crippen LogP contribution >= 0.6 is 0 Å². The normalized spacial score (nSPS) is 8.57. The summed E-state index contributed by atoms with van der Waals surface area (Å²) in [6.45, 7) is 68.5. The number of rotatable bonds is 0. The minimum atomic E-state index is 0.822. The van der Waals surface area contributed by atoms with Crippen LogP contribution in [0.5, 0.6) is 0 Å². The fourth-order valence-electron chi connectivity index (χ4n) is 10.6. The van der Waals surface area contributed by atoms with E-state index in [1.807, 2.05) is 268 Å². The average Bonchev–Trinajstić information content (AvgIpc) is 0.748. The van der Waals surface area contributed by atoms with Gasteiger partial charge in [-0.1, -0.05) is 432 Å². The first-order valence-corrected chi connectivity index (χ1v) is 45.0. The fraction of sp³-hybridized carbons (Fsp3) is 0.296. The number of aryl methyl sites for hydroxylation is 10. The molecular weight excluding hydrogens is 1480 g/mol. The van der Waals surface area contributed by atoms with Crippen molar-refractivity contribution in [3.05, 3.63) is 403 Å². The van der Waals surface area contributed by atoms with E-state index in [9.17, 15) is 0 Å². The summed E-state index contributed by atoms with van der Waals surface area (Å²) in [5, 5.41) is 18.8. The summed E-state index contributed by atoms with van der Waals surface area (Å²) in [5.74, 6) is 0.822. The summed E-state index contributed by atoms with van der Waals surface area (Å²) in [5.41, 5.74) is 11.2. The predicted molar refractivity (Wildman–Crippen MR) is 555 cm³/mol. The third-order valence-electron chi connectivity index (χ3n) is 15.6. The van der Waals surface area contributed by atoms with Crippen molar-refractivity contribution in [2.75, 3.05) is 0 Å². The molecule has 7 heteroatoms. The van der Waals surface area contributed by atoms with E-state index in [4.69, 9.17) is 0 Å². The third-order valence-corrected chi connectivity index (χ3v) is 15.6. The quantitative estimate of drug-likeness (QED) is 0.140. The maximum Gasteiger partial charge on any atom is 0.125 e. The van der Waals surface area contributed by atoms with Gasteiger partial charge in [-0.05, 0) is 203 Å². The number of aromatic nitrogens is 7. The maximum absolute atomic E-state index is 3.98. The van der Waals surface area contributed by atoms with Crippen LogP contribution in [0.15, 0.2) is 347 Å². The van der Waals surface area contributed by atoms with Gasteiger partial charge in [0.25, 0.3) is 0 Å². The van der Waals surface area contributed by atoms with Crippen LogP contribution in [-0.4, -0.2) is 34.9 Å². The minimum absolute atomic E-state index is 0.822. The molecule has 5 heterocycles. The van der Waals surface area contributed by atoms with Crippen molar-refractivity contribution in [3.63, 3.8) is 0 Å². The summed E-state index contributed by atoms with van der Waals surface area (Å²) in [7, 11) is 0. The molecule has 0 saturated carbocycles. The summed E-state index contributed by atoms with van der Waals surface area (Å²) in [4.78, 5) is 27.2. The molecule has 0 spiro atoms. The number of hydrogen-bond acceptors (Lipinski definition) is 7. The molecule has 17 aromatic rings. The number of benzene rings is 12. The van der Waals surface area contributed by atoms with Crippen molar-refractivity contribution in [2.45, 2.75) is 235 Å². The van der Waals surface area contributed by atoms with Crippen molar-refractivity contribution < 1.29 is 0 Å². The van der Waals surface area contributed by atoms with E-state index >= 15 is 0 Å². The van der Waals surface area contributed by atoms with Gasteiger partial charge in [-0.15, -0.1) is 0 Å². The SMILES string of the molecule is CC.CC.CC.CC.CC.CC.CC.CC.CC.CC.CC.CC.Cc1cc2ccccc2c2ccccc12.Cc1ccc2c3ccccc3c3ccccc3c2c1.Cc1ccc2ccccc2c1.Cc1cccc2ccccc12.Cc1ccccc1.Cc1ccccn1.Cc1cccnc1.Cc1ccncc1.Cc1cnccn1.Cc1ncccn1. The van der Waals surface area contributed by atoms with Crippen molar-refractivity contribution in [2.24, 2.45) is 0 Å². The summed E-state index contributed by atoms with van der Waals surface area (Å²) in [6, 6.07) is 99.1. The Balaban J connectivity index is -0.000000411. The van der Waals surface area contributed by atoms with Gasteiger partial charge in [-0.2, -0.15) is 0 Å². The zero-order chi connectivity index (χ0) is 93.1. The Morgan fingerprint density at radius 2 is 0.533 bits per heavy atom. The Hall–Kier alpha value is -11.9. The molecule has 0 aliphatic heterocycles. The number of pyridine rings is 3. The van der Waals surface area contributed by atoms with E-state index in [-0.39, 0.29) is 0 Å². The molecule has 0 saturated heterocycles. The molecule has 122 heavy (non-hydrogen) atoms. The first-order valence-electron chi connectivity index (χ1n) is 45.0. The average molecular weight is 1640 g/mol. The molecular formula is C115H159N7. The van der Waals surface area contributed by atoms with Gasteiger partial charge in [0.1, 0.15) is 5.82 Å². The van der Waals surface area contributed by atoms with Crippen molar-refractivity contribution in [3.8, 4) is 0 Å². The topological polar surface area (TPSA) is 90.2 Å². The highest BCUT2D eigenvalue weighted by molar-refractivity contribution is 6.25. The molecule has 0 aliphatic rings. The largest absolute Gasteiger partial charge is 0.265 e. The Labute approximate surface area is 744 Å². The standard InChI is InChI=1S/C19H14.C15H12.2C11H10.C7H8.3C6H7N.2C5H6N2.12C2H6/c1-13-10-11-18-16-8-3-2-6-14(16)15-7-4-5-9-17(15)19(18)12-13;1-11-10-12-6-2-3-8-14(12)15-9-5-4-7-13(11)15;1-9-5-4-7-10-6-2-3-8-11(9)10;1-9-6-7-10-4-2-3-5-11(10)8-9;1-7-5-3-2-4-6-7;1-6-2-4-7-5-3-6;1-6-3-2-4-7-5-6;1-6-4-2-3-5-7-6;1-5-4-6-2-3-7-5;1-5-6-3-2-4-7-5;12*1-2/h2-12H,1H3;2-10H,1H3;2*2-8H,1H3;2-6H,1H3;3*2-5H,1H3;2*2-4H,1H3;12*1-2H3. The van der Waals surface area contributed by atoms with Gasteiger partial charge in [0.15, 0.2) is 0 Å². The zero-order valence-electron chi connectivity index (χ0n) is 82.0. The van der Waals surface area contributed by atoms with E-state index in [2.05, 4.69) is 288 Å². The number of hydrogen-bond donors (Lipinski definition) is 0. The lowest BCUT2D eigenvalue weighted by molar-refractivity contribution is 1.05. The van der Waals surface area contributed by atoms with E-state index in [0.717, 1.165) is 17.2 Å². The monoisotopic (exact) mass is 1640 g/mol. The van der Waals surface area contributed by atoms with Crippen molar-refractivity contribution in [1.82, 2.24) is 34.9 Å². The van der Waals surface area contributed by atoms with E-state index in [1.165, 1.54) is 114 Å². The maximum atomic E-state index is 3.98. The van der Waals surface area contributed by atoms with Gasteiger partial charge in [-0.25, -0.2) is 9.97 Å². The van der Waals surface area contributed by atoms with Crippen LogP contribution < -0.4 is 0 Å². The molecule has 0 atom stereocenters. The van der Waals surface area contributed by atoms with Gasteiger partial charge < -0.3 is 0 Å². The molecule has 0 bridgehead atoms. The van der Waals surface area contributed by atoms with Crippen LogP contribution in [0.4, 0.5) is 0 Å². The van der Waals surface area contributed by atoms with E-state index < -0.39 is 0 Å². The second-order valence-corrected chi connectivity index (χ2v) is 23.6. The second-order valence-electron chi connectivity index (χ2n) is 23.6. The molecule has 654 valence electrons. The van der Waals surface area contributed by atoms with Crippen LogP contribution in [-0.2, 0) is 0 Å². The minimum Gasteiger partial charge on any atom is -0.265 e. The zero-order valence-corrected chi connectivity index (χ0v) is 82.0. The van der Waals surface area contributed by atoms with Crippen molar-refractivity contribution >= 4 is 75.4 Å². The van der Waals surface area contributed by atoms with Gasteiger partial charge in [0.2, 0.25) is 0 Å². The molecule has 0 N–H and O–H groups in total. The summed E-state index contributed by atoms with van der Waals surface area (Å²) >= 11 is 0. The van der Waals surface area contributed by atoms with Crippen LogP contribution in [0.25, 0.3) is 75.4 Å². The summed E-state index contributed by atoms with van der Waals surface area (Å²) < 4.78 is 0. The van der Waals surface area contributed by atoms with Gasteiger partial charge >= 0.3 is 0 Å². The van der Waals surface area contributed by atoms with Crippen molar-refractivity contribution in [1.29, 1.82) is 0 Å². The Morgan fingerprint density at radius 3 is 0.918 bits per heavy atom. The smallest absolute Gasteiger partial charge is 0.125 e. The Kier molecular flexibility index (Phi) is 80.5. The lowest BCUT2D eigenvalue weighted by Gasteiger charge is -2.10. The third kappa shape index (κ3) is 49.6. The molecule has 0 fully saturated rings. The molecule has 0 aliphatic carbocycles.